The fourth-order valence-corrected chi connectivity index (χ4v) is 18.2. The highest BCUT2D eigenvalue weighted by atomic mass is 19.1. The Bertz CT molecular complexity index is 3340. The molecular weight excluding hydrogens is 1280 g/mol. The van der Waals surface area contributed by atoms with Crippen molar-refractivity contribution in [3.8, 4) is 0 Å². The van der Waals surface area contributed by atoms with Crippen LogP contribution < -0.4 is 14.7 Å². The Morgan fingerprint density at radius 2 is 0.909 bits per heavy atom. The molecule has 99 heavy (non-hydrogen) atoms. The zero-order valence-corrected chi connectivity index (χ0v) is 58.9. The molecular formula is C74H103F3N10O12. The van der Waals surface area contributed by atoms with E-state index in [0.717, 1.165) is 176 Å². The number of hydrogen-bond donors (Lipinski definition) is 0. The second kappa shape index (κ2) is 31.1. The van der Waals surface area contributed by atoms with Crippen molar-refractivity contribution in [2.75, 3.05) is 167 Å². The maximum absolute atomic E-state index is 14.3. The lowest BCUT2D eigenvalue weighted by molar-refractivity contribution is -0.116. The van der Waals surface area contributed by atoms with E-state index in [1.54, 1.807) is 70.0 Å². The van der Waals surface area contributed by atoms with Crippen LogP contribution in [0.5, 0.6) is 0 Å². The van der Waals surface area contributed by atoms with Gasteiger partial charge in [-0.05, 0) is 213 Å². The molecule has 11 aliphatic rings. The molecule has 0 N–H and O–H groups in total. The molecule has 3 spiro atoms. The van der Waals surface area contributed by atoms with Crippen molar-refractivity contribution in [2.24, 2.45) is 5.92 Å². The first-order valence-electron chi connectivity index (χ1n) is 36.4. The van der Waals surface area contributed by atoms with Gasteiger partial charge in [0.2, 0.25) is 5.91 Å². The van der Waals surface area contributed by atoms with E-state index in [1.165, 1.54) is 25.3 Å². The van der Waals surface area contributed by atoms with Gasteiger partial charge in [0, 0.05) is 131 Å². The molecule has 2 unspecified atom stereocenters. The molecule has 11 heterocycles. The predicted octanol–water partition coefficient (Wildman–Crippen LogP) is 10.4. The molecule has 2 atom stereocenters. The minimum absolute atomic E-state index is 0.00167. The Kier molecular flexibility index (Phi) is 22.6. The summed E-state index contributed by atoms with van der Waals surface area (Å²) in [5.41, 5.74) is 4.78. The number of likely N-dealkylation sites (tertiary alicyclic amines) is 5. The van der Waals surface area contributed by atoms with E-state index in [2.05, 4.69) is 28.5 Å². The first-order chi connectivity index (χ1) is 47.7. The van der Waals surface area contributed by atoms with Crippen molar-refractivity contribution < 1.29 is 70.4 Å². The van der Waals surface area contributed by atoms with E-state index in [0.29, 0.717) is 103 Å². The van der Waals surface area contributed by atoms with Gasteiger partial charge in [0.05, 0.1) is 45.8 Å². The minimum atomic E-state index is -0.388. The molecule has 0 radical (unpaired) electrons. The number of ether oxygens (including phenoxy) is 6. The smallest absolute Gasteiger partial charge is 0.414 e. The number of benzene rings is 3. The van der Waals surface area contributed by atoms with Crippen LogP contribution in [0.3, 0.4) is 0 Å². The summed E-state index contributed by atoms with van der Waals surface area (Å²) in [5, 5.41) is 0. The molecule has 8 saturated heterocycles. The molecule has 2 bridgehead atoms. The first-order valence-corrected chi connectivity index (χ1v) is 36.4. The number of carbonyl (C=O) groups is 6. The summed E-state index contributed by atoms with van der Waals surface area (Å²) in [6.45, 7) is 21.5. The maximum atomic E-state index is 14.3. The lowest BCUT2D eigenvalue weighted by atomic mass is 9.73. The number of urea groups is 1. The van der Waals surface area contributed by atoms with Crippen LogP contribution in [-0.2, 0) is 49.5 Å². The fraction of sp³-hybridized carbons (Fsp3) is 0.676. The van der Waals surface area contributed by atoms with E-state index in [9.17, 15) is 41.9 Å². The number of piperidine rings is 6. The second-order valence-electron chi connectivity index (χ2n) is 29.7. The largest absolute Gasteiger partial charge is 0.452 e. The Morgan fingerprint density at radius 3 is 1.34 bits per heavy atom. The zero-order chi connectivity index (χ0) is 69.8. The number of halogens is 3. The van der Waals surface area contributed by atoms with Crippen LogP contribution in [0.4, 0.5) is 54.2 Å². The zero-order valence-electron chi connectivity index (χ0n) is 58.9. The summed E-state index contributed by atoms with van der Waals surface area (Å²) in [4.78, 5) is 95.1. The lowest BCUT2D eigenvalue weighted by Crippen LogP contribution is -2.55. The monoisotopic (exact) mass is 1380 g/mol. The molecule has 14 rings (SSSR count). The van der Waals surface area contributed by atoms with Gasteiger partial charge in [-0.3, -0.25) is 14.6 Å². The van der Waals surface area contributed by atoms with Gasteiger partial charge in [0.1, 0.15) is 24.1 Å². The van der Waals surface area contributed by atoms with Crippen LogP contribution in [0.1, 0.15) is 134 Å². The quantitative estimate of drug-likeness (QED) is 0.145. The number of rotatable bonds is 9. The van der Waals surface area contributed by atoms with Gasteiger partial charge in [-0.1, -0.05) is 13.8 Å². The fourth-order valence-electron chi connectivity index (χ4n) is 18.2. The van der Waals surface area contributed by atoms with Gasteiger partial charge in [-0.15, -0.1) is 0 Å². The normalized spacial score (nSPS) is 24.3. The highest BCUT2D eigenvalue weighted by Gasteiger charge is 2.53. The third-order valence-corrected chi connectivity index (χ3v) is 23.6. The van der Waals surface area contributed by atoms with E-state index in [1.807, 2.05) is 21.6 Å². The van der Waals surface area contributed by atoms with Crippen LogP contribution in [0.25, 0.3) is 0 Å². The number of hydrogen-bond acceptors (Lipinski definition) is 15. The molecule has 7 amide bonds. The number of amides is 7. The van der Waals surface area contributed by atoms with E-state index in [4.69, 9.17) is 28.4 Å². The van der Waals surface area contributed by atoms with E-state index >= 15 is 0 Å². The number of fused-ring (bicyclic) bond motifs is 8. The van der Waals surface area contributed by atoms with Crippen molar-refractivity contribution in [1.29, 1.82) is 0 Å². The molecule has 3 aromatic carbocycles. The summed E-state index contributed by atoms with van der Waals surface area (Å²) in [6, 6.07) is 16.3. The van der Waals surface area contributed by atoms with Crippen LogP contribution >= 0.6 is 0 Å². The summed E-state index contributed by atoms with van der Waals surface area (Å²) >= 11 is 0. The Labute approximate surface area is 581 Å². The van der Waals surface area contributed by atoms with Crippen molar-refractivity contribution in [3.05, 3.63) is 88.7 Å². The van der Waals surface area contributed by atoms with Crippen molar-refractivity contribution >= 4 is 53.4 Å². The number of nitrogens with zero attached hydrogens (tertiary/aromatic N) is 10. The minimum Gasteiger partial charge on any atom is -0.452 e. The Hall–Kier alpha value is -6.93. The van der Waals surface area contributed by atoms with Gasteiger partial charge in [-0.2, -0.15) is 0 Å². The second-order valence-corrected chi connectivity index (χ2v) is 29.7. The summed E-state index contributed by atoms with van der Waals surface area (Å²) < 4.78 is 73.8. The Morgan fingerprint density at radius 1 is 0.485 bits per heavy atom. The number of carbonyl (C=O) groups excluding carboxylic acids is 6. The average Bonchev–Trinajstić information content (AvgIpc) is 1.61. The topological polar surface area (TPSA) is 190 Å². The summed E-state index contributed by atoms with van der Waals surface area (Å²) in [6.07, 6.45) is 12.2. The highest BCUT2D eigenvalue weighted by Crippen LogP contribution is 2.52. The van der Waals surface area contributed by atoms with Crippen LogP contribution in [0.15, 0.2) is 54.6 Å². The van der Waals surface area contributed by atoms with Gasteiger partial charge < -0.3 is 67.6 Å². The molecule has 542 valence electrons. The van der Waals surface area contributed by atoms with Crippen molar-refractivity contribution in [3.63, 3.8) is 0 Å². The van der Waals surface area contributed by atoms with Crippen LogP contribution in [0.2, 0.25) is 0 Å². The maximum Gasteiger partial charge on any atom is 0.414 e. The molecule has 11 aliphatic heterocycles. The van der Waals surface area contributed by atoms with Gasteiger partial charge in [0.15, 0.2) is 0 Å². The number of methoxy groups -OCH3 is 2. The SMILES string of the molecule is CCOC(=O)N1CCC(N2CCC3(CC2)CN(C(=O)N2CCOCC2)c2ccc(F)cc23)CC1.COC(=O)N1CC2(CCN(C3CC4CCC(C3)N4C(=O)OCC(C)C)CC2)c2cc(F)ccc21.COCCOC(=O)N1CCC(N2CCC3(CC2)CN(C(C)=O)c2ccc(F)cc23)CC1. The molecule has 25 heteroatoms. The van der Waals surface area contributed by atoms with Crippen LogP contribution in [-0.4, -0.2) is 253 Å². The standard InChI is InChI=1S/C26H36FN3O4.C25H35FN4O4.C23H32FN3O4/c1-17(2)15-34-25(32)30-19-5-6-20(30)14-21(13-19)28-10-8-26(9-11-28)16-29(24(31)33-3)23-7-4-18(27)12-22(23)26;1-2-34-24(32)29-9-5-20(6-10-29)27-11-7-25(8-12-27)18-30(22-4-3-19(26)17-21(22)25)23(31)28-13-15-33-16-14-28;1-17(28)27-16-23(20-15-18(24)3-4-21(20)27)7-11-25(12-8-23)19-5-9-26(10-6-19)22(29)31-14-13-30-2/h4,7,12,17,19-21H,5-6,8-11,13-16H2,1-3H3;3-4,17,20H,2,5-16,18H2,1H3;3-4,15,19H,5-14,16H2,1-2H3. The number of morpholine rings is 1. The van der Waals surface area contributed by atoms with Crippen LogP contribution in [0, 0.1) is 23.4 Å². The third kappa shape index (κ3) is 15.3. The molecule has 0 aliphatic carbocycles. The van der Waals surface area contributed by atoms with Crippen molar-refractivity contribution in [1.82, 2.24) is 34.3 Å². The van der Waals surface area contributed by atoms with Gasteiger partial charge >= 0.3 is 30.4 Å². The molecule has 3 aromatic rings. The lowest BCUT2D eigenvalue weighted by Gasteiger charge is -2.47. The van der Waals surface area contributed by atoms with E-state index in [-0.39, 0.29) is 88.7 Å². The average molecular weight is 1380 g/mol. The first kappa shape index (κ1) is 71.9. The molecule has 22 nitrogen and oxygen atoms in total. The predicted molar refractivity (Wildman–Crippen MR) is 367 cm³/mol. The summed E-state index contributed by atoms with van der Waals surface area (Å²) in [5.74, 6) is -0.398. The van der Waals surface area contributed by atoms with Gasteiger partial charge in [-0.25, -0.2) is 37.1 Å². The van der Waals surface area contributed by atoms with Gasteiger partial charge in [0.25, 0.3) is 0 Å². The highest BCUT2D eigenvalue weighted by molar-refractivity contribution is 5.96. The van der Waals surface area contributed by atoms with E-state index < -0.39 is 0 Å². The molecule has 0 saturated carbocycles. The van der Waals surface area contributed by atoms with Crippen molar-refractivity contribution in [2.45, 2.75) is 164 Å². The molecule has 0 aromatic heterocycles. The summed E-state index contributed by atoms with van der Waals surface area (Å²) in [7, 11) is 2.97. The third-order valence-electron chi connectivity index (χ3n) is 23.6. The Balaban J connectivity index is 0.000000141. The molecule has 8 fully saturated rings. The number of anilines is 3.